The first-order valence-corrected chi connectivity index (χ1v) is 9.90. The van der Waals surface area contributed by atoms with Crippen LogP contribution in [0.2, 0.25) is 10.0 Å². The summed E-state index contributed by atoms with van der Waals surface area (Å²) in [6.45, 7) is 2.18. The highest BCUT2D eigenvalue weighted by atomic mass is 35.5. The predicted molar refractivity (Wildman–Crippen MR) is 114 cm³/mol. The van der Waals surface area contributed by atoms with Gasteiger partial charge in [-0.2, -0.15) is 9.78 Å². The fourth-order valence-corrected chi connectivity index (χ4v) is 3.22. The zero-order valence-corrected chi connectivity index (χ0v) is 17.5. The van der Waals surface area contributed by atoms with Crippen LogP contribution in [0.25, 0.3) is 5.69 Å². The number of aliphatic carboxylic acids is 1. The van der Waals surface area contributed by atoms with Crippen molar-refractivity contribution in [3.8, 4) is 11.6 Å². The van der Waals surface area contributed by atoms with Crippen LogP contribution in [0.15, 0.2) is 54.6 Å². The van der Waals surface area contributed by atoms with Crippen LogP contribution in [0.1, 0.15) is 35.4 Å². The normalized spacial score (nSPS) is 11.7. The van der Waals surface area contributed by atoms with Crippen molar-refractivity contribution in [3.63, 3.8) is 0 Å². The second kappa shape index (κ2) is 9.65. The van der Waals surface area contributed by atoms with Gasteiger partial charge in [0.2, 0.25) is 5.88 Å². The summed E-state index contributed by atoms with van der Waals surface area (Å²) in [5.74, 6) is -1.24. The molecule has 0 spiro atoms. The number of benzene rings is 2. The number of hydrogen-bond acceptors (Lipinski definition) is 4. The molecule has 0 bridgehead atoms. The third-order valence-corrected chi connectivity index (χ3v) is 4.81. The number of carbonyl (C=O) groups excluding carboxylic acids is 1. The molecule has 0 aliphatic rings. The quantitative estimate of drug-likeness (QED) is 0.529. The van der Waals surface area contributed by atoms with E-state index < -0.39 is 17.9 Å². The van der Waals surface area contributed by atoms with E-state index in [2.05, 4.69) is 10.4 Å². The molecule has 1 aromatic heterocycles. The molecule has 0 fully saturated rings. The zero-order chi connectivity index (χ0) is 21.7. The second-order valence-electron chi connectivity index (χ2n) is 6.34. The number of aromatic nitrogens is 2. The van der Waals surface area contributed by atoms with Crippen molar-refractivity contribution < 1.29 is 19.4 Å². The van der Waals surface area contributed by atoms with Crippen LogP contribution in [-0.4, -0.2) is 33.4 Å². The molecule has 7 nitrogen and oxygen atoms in total. The van der Waals surface area contributed by atoms with Crippen LogP contribution < -0.4 is 10.1 Å². The molecular weight excluding hydrogens is 429 g/mol. The van der Waals surface area contributed by atoms with Crippen molar-refractivity contribution in [2.24, 2.45) is 0 Å². The first-order chi connectivity index (χ1) is 14.4. The molecule has 9 heteroatoms. The number of ether oxygens (including phenoxy) is 1. The molecule has 0 aliphatic heterocycles. The van der Waals surface area contributed by atoms with Gasteiger partial charge in [0, 0.05) is 11.1 Å². The number of carboxylic acid groups (broad SMARTS) is 1. The molecule has 1 atom stereocenters. The average Bonchev–Trinajstić information content (AvgIpc) is 3.12. The summed E-state index contributed by atoms with van der Waals surface area (Å²) >= 11 is 12.2. The summed E-state index contributed by atoms with van der Waals surface area (Å²) in [6.07, 6.45) is -0.295. The number of hydrogen-bond donors (Lipinski definition) is 2. The van der Waals surface area contributed by atoms with Crippen molar-refractivity contribution >= 4 is 35.1 Å². The van der Waals surface area contributed by atoms with Gasteiger partial charge in [-0.15, -0.1) is 0 Å². The van der Waals surface area contributed by atoms with Gasteiger partial charge in [-0.1, -0.05) is 47.5 Å². The minimum atomic E-state index is -1.05. The summed E-state index contributed by atoms with van der Waals surface area (Å²) in [4.78, 5) is 24.2. The highest BCUT2D eigenvalue weighted by Gasteiger charge is 2.23. The maximum Gasteiger partial charge on any atom is 0.305 e. The van der Waals surface area contributed by atoms with Crippen molar-refractivity contribution in [1.29, 1.82) is 0 Å². The van der Waals surface area contributed by atoms with Gasteiger partial charge in [-0.3, -0.25) is 9.59 Å². The molecule has 0 radical (unpaired) electrons. The average molecular weight is 448 g/mol. The lowest BCUT2D eigenvalue weighted by atomic mass is 10.0. The van der Waals surface area contributed by atoms with E-state index >= 15 is 0 Å². The smallest absolute Gasteiger partial charge is 0.305 e. The summed E-state index contributed by atoms with van der Waals surface area (Å²) in [5, 5.41) is 17.3. The molecule has 1 heterocycles. The molecule has 1 amide bonds. The second-order valence-corrected chi connectivity index (χ2v) is 7.18. The van der Waals surface area contributed by atoms with Crippen LogP contribution >= 0.6 is 23.2 Å². The Hall–Kier alpha value is -3.03. The molecule has 30 heavy (non-hydrogen) atoms. The van der Waals surface area contributed by atoms with E-state index in [0.717, 1.165) is 0 Å². The number of rotatable bonds is 8. The zero-order valence-electron chi connectivity index (χ0n) is 16.0. The van der Waals surface area contributed by atoms with Crippen molar-refractivity contribution in [1.82, 2.24) is 15.1 Å². The number of nitrogens with zero attached hydrogens (tertiary/aromatic N) is 2. The minimum Gasteiger partial charge on any atom is -0.481 e. The molecule has 0 unspecified atom stereocenters. The predicted octanol–water partition coefficient (Wildman–Crippen LogP) is 4.52. The Labute approximate surface area is 183 Å². The van der Waals surface area contributed by atoms with Crippen molar-refractivity contribution in [3.05, 3.63) is 75.9 Å². The summed E-state index contributed by atoms with van der Waals surface area (Å²) < 4.78 is 7.04. The Morgan fingerprint density at radius 2 is 1.87 bits per heavy atom. The molecular formula is C21H19Cl2N3O4. The lowest BCUT2D eigenvalue weighted by molar-refractivity contribution is -0.137. The Kier molecular flexibility index (Phi) is 6.97. The molecule has 2 N–H and O–H groups in total. The molecule has 0 aliphatic carbocycles. The summed E-state index contributed by atoms with van der Waals surface area (Å²) in [5.41, 5.74) is 1.25. The Morgan fingerprint density at radius 1 is 1.17 bits per heavy atom. The highest BCUT2D eigenvalue weighted by molar-refractivity contribution is 6.32. The Bertz CT molecular complexity index is 1050. The topological polar surface area (TPSA) is 93.4 Å². The van der Waals surface area contributed by atoms with Crippen LogP contribution in [0.3, 0.4) is 0 Å². The number of nitrogens with one attached hydrogen (secondary N) is 1. The highest BCUT2D eigenvalue weighted by Crippen LogP contribution is 2.26. The molecule has 2 aromatic carbocycles. The van der Waals surface area contributed by atoms with Gasteiger partial charge >= 0.3 is 5.97 Å². The fourth-order valence-electron chi connectivity index (χ4n) is 2.88. The number of amides is 1. The van der Waals surface area contributed by atoms with Crippen LogP contribution in [0.5, 0.6) is 5.88 Å². The Balaban J connectivity index is 1.91. The van der Waals surface area contributed by atoms with Crippen molar-refractivity contribution in [2.75, 3.05) is 6.61 Å². The van der Waals surface area contributed by atoms with Gasteiger partial charge in [0.25, 0.3) is 5.91 Å². The Morgan fingerprint density at radius 3 is 2.50 bits per heavy atom. The molecule has 3 rings (SSSR count). The number of para-hydroxylation sites is 1. The lowest BCUT2D eigenvalue weighted by Gasteiger charge is -2.16. The van der Waals surface area contributed by atoms with Crippen LogP contribution in [0.4, 0.5) is 0 Å². The van der Waals surface area contributed by atoms with E-state index in [4.69, 9.17) is 27.9 Å². The van der Waals surface area contributed by atoms with Gasteiger partial charge in [-0.25, -0.2) is 0 Å². The standard InChI is InChI=1S/C21H19Cl2N3O4/c1-2-30-19-11-17(25-26(19)18-6-4-3-5-15(18)23)21(29)24-16(12-20(27)28)13-7-9-14(22)10-8-13/h3-11,16H,2,12H2,1H3,(H,24,29)(H,27,28)/t16-/m0/s1. The van der Waals surface area contributed by atoms with E-state index in [-0.39, 0.29) is 12.1 Å². The lowest BCUT2D eigenvalue weighted by Crippen LogP contribution is -2.30. The minimum absolute atomic E-state index is 0.0720. The first kappa shape index (κ1) is 21.7. The maximum absolute atomic E-state index is 12.9. The van der Waals surface area contributed by atoms with Gasteiger partial charge in [-0.05, 0) is 36.8 Å². The van der Waals surface area contributed by atoms with E-state index in [1.54, 1.807) is 48.5 Å². The monoisotopic (exact) mass is 447 g/mol. The van der Waals surface area contributed by atoms with E-state index in [0.29, 0.717) is 33.8 Å². The van der Waals surface area contributed by atoms with Gasteiger partial charge < -0.3 is 15.2 Å². The fraction of sp³-hybridized carbons (Fsp3) is 0.190. The SMILES string of the molecule is CCOc1cc(C(=O)N[C@@H](CC(=O)O)c2ccc(Cl)cc2)nn1-c1ccccc1Cl. The summed E-state index contributed by atoms with van der Waals surface area (Å²) in [6, 6.07) is 14.4. The van der Waals surface area contributed by atoms with Gasteiger partial charge in [0.15, 0.2) is 5.69 Å². The summed E-state index contributed by atoms with van der Waals surface area (Å²) in [7, 11) is 0. The molecule has 0 saturated heterocycles. The third kappa shape index (κ3) is 5.11. The maximum atomic E-state index is 12.9. The third-order valence-electron chi connectivity index (χ3n) is 4.24. The number of halogens is 2. The molecule has 156 valence electrons. The van der Waals surface area contributed by atoms with E-state index in [9.17, 15) is 14.7 Å². The van der Waals surface area contributed by atoms with Gasteiger partial charge in [0.05, 0.1) is 29.8 Å². The number of carbonyl (C=O) groups is 2. The molecule has 0 saturated carbocycles. The van der Waals surface area contributed by atoms with Gasteiger partial charge in [0.1, 0.15) is 0 Å². The van der Waals surface area contributed by atoms with E-state index in [1.807, 2.05) is 6.92 Å². The first-order valence-electron chi connectivity index (χ1n) is 9.15. The van der Waals surface area contributed by atoms with Crippen molar-refractivity contribution in [2.45, 2.75) is 19.4 Å². The molecule has 3 aromatic rings. The van der Waals surface area contributed by atoms with Crippen LogP contribution in [0, 0.1) is 0 Å². The largest absolute Gasteiger partial charge is 0.481 e. The number of carboxylic acids is 1. The van der Waals surface area contributed by atoms with Crippen LogP contribution in [-0.2, 0) is 4.79 Å². The van der Waals surface area contributed by atoms with E-state index in [1.165, 1.54) is 10.7 Å².